The zero-order chi connectivity index (χ0) is 13.4. The molecule has 2 heterocycles. The molecule has 0 amide bonds. The first-order chi connectivity index (χ1) is 9.15. The zero-order valence-corrected chi connectivity index (χ0v) is 10.5. The Morgan fingerprint density at radius 1 is 1.21 bits per heavy atom. The van der Waals surface area contributed by atoms with Crippen LogP contribution >= 0.6 is 11.3 Å². The second-order valence-corrected chi connectivity index (χ2v) is 5.18. The van der Waals surface area contributed by atoms with E-state index in [-0.39, 0.29) is 17.3 Å². The standard InChI is InChI=1S/C13H9F3N2S/c14-7-4-8(15)13(9(16)5-7)11-6-10(17-18-11)12-2-1-3-19-12/h1-5,10,17H,6H2. The lowest BCUT2D eigenvalue weighted by Gasteiger charge is -2.07. The van der Waals surface area contributed by atoms with Gasteiger partial charge in [0.25, 0.3) is 0 Å². The number of hydrogen-bond acceptors (Lipinski definition) is 3. The van der Waals surface area contributed by atoms with Gasteiger partial charge >= 0.3 is 0 Å². The average molecular weight is 282 g/mol. The third-order valence-corrected chi connectivity index (χ3v) is 3.92. The van der Waals surface area contributed by atoms with Gasteiger partial charge in [-0.15, -0.1) is 11.3 Å². The van der Waals surface area contributed by atoms with Crippen molar-refractivity contribution in [2.45, 2.75) is 12.5 Å². The molecule has 0 radical (unpaired) electrons. The van der Waals surface area contributed by atoms with Gasteiger partial charge < -0.3 is 5.43 Å². The summed E-state index contributed by atoms with van der Waals surface area (Å²) in [6.07, 6.45) is 0.375. The van der Waals surface area contributed by atoms with Crippen molar-refractivity contribution in [2.24, 2.45) is 5.10 Å². The highest BCUT2D eigenvalue weighted by Crippen LogP contribution is 2.29. The Morgan fingerprint density at radius 3 is 2.58 bits per heavy atom. The van der Waals surface area contributed by atoms with Crippen LogP contribution < -0.4 is 5.43 Å². The molecule has 1 aliphatic heterocycles. The van der Waals surface area contributed by atoms with Crippen LogP contribution in [0.15, 0.2) is 34.7 Å². The molecule has 0 spiro atoms. The van der Waals surface area contributed by atoms with Gasteiger partial charge in [-0.2, -0.15) is 5.10 Å². The van der Waals surface area contributed by atoms with E-state index in [1.807, 2.05) is 17.5 Å². The SMILES string of the molecule is Fc1cc(F)c(C2=NNC(c3cccs3)C2)c(F)c1. The Morgan fingerprint density at radius 2 is 1.95 bits per heavy atom. The van der Waals surface area contributed by atoms with Gasteiger partial charge in [-0.05, 0) is 11.4 Å². The van der Waals surface area contributed by atoms with E-state index in [2.05, 4.69) is 10.5 Å². The maximum Gasteiger partial charge on any atom is 0.138 e. The minimum atomic E-state index is -0.930. The predicted molar refractivity (Wildman–Crippen MR) is 67.7 cm³/mol. The van der Waals surface area contributed by atoms with Gasteiger partial charge in [0.15, 0.2) is 0 Å². The molecule has 0 saturated heterocycles. The molecule has 19 heavy (non-hydrogen) atoms. The molecule has 0 saturated carbocycles. The minimum absolute atomic E-state index is 0.0844. The minimum Gasteiger partial charge on any atom is -0.301 e. The lowest BCUT2D eigenvalue weighted by Crippen LogP contribution is -2.09. The number of nitrogens with zero attached hydrogens (tertiary/aromatic N) is 1. The van der Waals surface area contributed by atoms with E-state index in [1.54, 1.807) is 11.3 Å². The van der Waals surface area contributed by atoms with Crippen LogP contribution in [0.2, 0.25) is 0 Å². The quantitative estimate of drug-likeness (QED) is 0.894. The summed E-state index contributed by atoms with van der Waals surface area (Å²) in [4.78, 5) is 1.04. The molecular weight excluding hydrogens is 273 g/mol. The Labute approximate surface area is 111 Å². The molecule has 1 aliphatic rings. The normalized spacial score (nSPS) is 18.3. The lowest BCUT2D eigenvalue weighted by atomic mass is 10.0. The molecule has 2 nitrogen and oxygen atoms in total. The highest BCUT2D eigenvalue weighted by Gasteiger charge is 2.26. The first-order valence-corrected chi connectivity index (χ1v) is 6.53. The molecule has 0 bridgehead atoms. The molecule has 1 atom stereocenters. The maximum absolute atomic E-state index is 13.6. The van der Waals surface area contributed by atoms with Crippen LogP contribution in [-0.2, 0) is 0 Å². The van der Waals surface area contributed by atoms with Crippen LogP contribution in [0.1, 0.15) is 22.9 Å². The summed E-state index contributed by atoms with van der Waals surface area (Å²) in [6.45, 7) is 0. The number of nitrogens with one attached hydrogen (secondary N) is 1. The molecule has 1 N–H and O–H groups in total. The second-order valence-electron chi connectivity index (χ2n) is 4.20. The molecule has 3 rings (SSSR count). The van der Waals surface area contributed by atoms with Crippen LogP contribution in [0, 0.1) is 17.5 Å². The average Bonchev–Trinajstić information content (AvgIpc) is 2.97. The Bertz CT molecular complexity index is 614. The monoisotopic (exact) mass is 282 g/mol. The molecule has 98 valence electrons. The van der Waals surface area contributed by atoms with Crippen LogP contribution in [0.5, 0.6) is 0 Å². The summed E-state index contributed by atoms with van der Waals surface area (Å²) in [5, 5.41) is 5.89. The van der Waals surface area contributed by atoms with Gasteiger partial charge in [-0.1, -0.05) is 6.07 Å². The fourth-order valence-corrected chi connectivity index (χ4v) is 2.84. The van der Waals surface area contributed by atoms with Crippen molar-refractivity contribution >= 4 is 17.0 Å². The lowest BCUT2D eigenvalue weighted by molar-refractivity contribution is 0.540. The molecular formula is C13H9F3N2S. The number of benzene rings is 1. The summed E-state index contributed by atoms with van der Waals surface area (Å²) in [5.41, 5.74) is 2.86. The van der Waals surface area contributed by atoms with Crippen LogP contribution in [0.3, 0.4) is 0 Å². The summed E-state index contributed by atoms with van der Waals surface area (Å²) in [7, 11) is 0. The van der Waals surface area contributed by atoms with E-state index in [9.17, 15) is 13.2 Å². The number of hydrogen-bond donors (Lipinski definition) is 1. The van der Waals surface area contributed by atoms with Gasteiger partial charge in [0, 0.05) is 23.4 Å². The molecule has 1 aromatic carbocycles. The van der Waals surface area contributed by atoms with Gasteiger partial charge in [0.2, 0.25) is 0 Å². The molecule has 0 aliphatic carbocycles. The first kappa shape index (κ1) is 12.2. The largest absolute Gasteiger partial charge is 0.301 e. The van der Waals surface area contributed by atoms with E-state index >= 15 is 0 Å². The van der Waals surface area contributed by atoms with Crippen LogP contribution in [-0.4, -0.2) is 5.71 Å². The zero-order valence-electron chi connectivity index (χ0n) is 9.66. The summed E-state index contributed by atoms with van der Waals surface area (Å²) in [6, 6.07) is 5.08. The summed E-state index contributed by atoms with van der Waals surface area (Å²) >= 11 is 1.54. The first-order valence-electron chi connectivity index (χ1n) is 5.65. The highest BCUT2D eigenvalue weighted by molar-refractivity contribution is 7.10. The Hall–Kier alpha value is -1.82. The van der Waals surface area contributed by atoms with Gasteiger partial charge in [-0.3, -0.25) is 0 Å². The molecule has 1 unspecified atom stereocenters. The fraction of sp³-hybridized carbons (Fsp3) is 0.154. The van der Waals surface area contributed by atoms with E-state index in [0.29, 0.717) is 18.6 Å². The van der Waals surface area contributed by atoms with Crippen molar-refractivity contribution in [2.75, 3.05) is 0 Å². The Balaban J connectivity index is 1.89. The second kappa shape index (κ2) is 4.70. The third-order valence-electron chi connectivity index (χ3n) is 2.93. The molecule has 6 heteroatoms. The summed E-state index contributed by atoms with van der Waals surface area (Å²) < 4.78 is 40.2. The number of rotatable bonds is 2. The van der Waals surface area contributed by atoms with E-state index < -0.39 is 17.5 Å². The number of hydrazone groups is 1. The third kappa shape index (κ3) is 2.23. The van der Waals surface area contributed by atoms with E-state index in [1.165, 1.54) is 0 Å². The molecule has 2 aromatic rings. The van der Waals surface area contributed by atoms with Gasteiger partial charge in [0.05, 0.1) is 17.3 Å². The van der Waals surface area contributed by atoms with Crippen molar-refractivity contribution in [3.05, 3.63) is 57.5 Å². The Kier molecular flexibility index (Phi) is 3.02. The van der Waals surface area contributed by atoms with Gasteiger partial charge in [0.1, 0.15) is 17.5 Å². The molecule has 1 aromatic heterocycles. The maximum atomic E-state index is 13.6. The predicted octanol–water partition coefficient (Wildman–Crippen LogP) is 3.60. The summed E-state index contributed by atoms with van der Waals surface area (Å²) in [5.74, 6) is -2.78. The van der Waals surface area contributed by atoms with Gasteiger partial charge in [-0.25, -0.2) is 13.2 Å². The van der Waals surface area contributed by atoms with Crippen molar-refractivity contribution in [3.63, 3.8) is 0 Å². The van der Waals surface area contributed by atoms with Crippen molar-refractivity contribution in [1.29, 1.82) is 0 Å². The van der Waals surface area contributed by atoms with Crippen molar-refractivity contribution < 1.29 is 13.2 Å². The van der Waals surface area contributed by atoms with Crippen molar-refractivity contribution in [3.8, 4) is 0 Å². The molecule has 0 fully saturated rings. The van der Waals surface area contributed by atoms with E-state index in [4.69, 9.17) is 0 Å². The number of thiophene rings is 1. The van der Waals surface area contributed by atoms with Crippen molar-refractivity contribution in [1.82, 2.24) is 5.43 Å². The fourth-order valence-electron chi connectivity index (χ4n) is 2.07. The number of halogens is 3. The van der Waals surface area contributed by atoms with E-state index in [0.717, 1.165) is 4.88 Å². The highest BCUT2D eigenvalue weighted by atomic mass is 32.1. The van der Waals surface area contributed by atoms with Crippen LogP contribution in [0.4, 0.5) is 13.2 Å². The topological polar surface area (TPSA) is 24.4 Å². The van der Waals surface area contributed by atoms with Crippen LogP contribution in [0.25, 0.3) is 0 Å². The smallest absolute Gasteiger partial charge is 0.138 e.